The van der Waals surface area contributed by atoms with Crippen molar-refractivity contribution in [1.82, 2.24) is 15.4 Å². The lowest BCUT2D eigenvalue weighted by molar-refractivity contribution is 0.102. The highest BCUT2D eigenvalue weighted by Crippen LogP contribution is 2.20. The number of halogens is 1. The average Bonchev–Trinajstić information content (AvgIpc) is 2.85. The van der Waals surface area contributed by atoms with E-state index in [0.29, 0.717) is 11.3 Å². The smallest absolute Gasteiger partial charge is 0.277 e. The average molecular weight is 292 g/mol. The number of nitriles is 1. The number of H-pyrrole nitrogens is 1. The van der Waals surface area contributed by atoms with Crippen LogP contribution >= 0.6 is 15.9 Å². The van der Waals surface area contributed by atoms with Crippen LogP contribution in [0.2, 0.25) is 0 Å². The molecule has 0 unspecified atom stereocenters. The highest BCUT2D eigenvalue weighted by atomic mass is 79.9. The number of hydrogen-bond acceptors (Lipinski definition) is 4. The van der Waals surface area contributed by atoms with Crippen LogP contribution in [0.4, 0.5) is 5.69 Å². The van der Waals surface area contributed by atoms with Crippen molar-refractivity contribution in [2.24, 2.45) is 0 Å². The van der Waals surface area contributed by atoms with Crippen LogP contribution in [0.25, 0.3) is 0 Å². The third-order valence-corrected chi connectivity index (χ3v) is 2.49. The molecule has 0 fully saturated rings. The molecule has 0 bridgehead atoms. The predicted molar refractivity (Wildman–Crippen MR) is 63.2 cm³/mol. The first kappa shape index (κ1) is 11.3. The van der Waals surface area contributed by atoms with Crippen LogP contribution in [0.15, 0.2) is 28.9 Å². The van der Waals surface area contributed by atoms with E-state index in [1.54, 1.807) is 18.2 Å². The number of anilines is 1. The van der Waals surface area contributed by atoms with Crippen molar-refractivity contribution in [1.29, 1.82) is 5.26 Å². The van der Waals surface area contributed by atoms with Gasteiger partial charge in [-0.05, 0) is 18.2 Å². The molecule has 6 nitrogen and oxygen atoms in total. The molecule has 7 heteroatoms. The van der Waals surface area contributed by atoms with E-state index in [9.17, 15) is 4.79 Å². The van der Waals surface area contributed by atoms with Gasteiger partial charge in [0.1, 0.15) is 6.07 Å². The maximum absolute atomic E-state index is 11.7. The zero-order valence-electron chi connectivity index (χ0n) is 8.44. The lowest BCUT2D eigenvalue weighted by Gasteiger charge is -2.05. The molecule has 2 N–H and O–H groups in total. The quantitative estimate of drug-likeness (QED) is 0.880. The maximum atomic E-state index is 11.7. The van der Waals surface area contributed by atoms with Gasteiger partial charge in [-0.3, -0.25) is 4.79 Å². The first-order valence-electron chi connectivity index (χ1n) is 4.57. The summed E-state index contributed by atoms with van der Waals surface area (Å²) in [6, 6.07) is 7.00. The number of rotatable bonds is 2. The number of nitrogens with one attached hydrogen (secondary N) is 2. The number of aromatic nitrogens is 3. The Morgan fingerprint density at radius 1 is 1.53 bits per heavy atom. The molecule has 0 atom stereocenters. The number of aromatic amines is 1. The Kier molecular flexibility index (Phi) is 3.16. The molecular weight excluding hydrogens is 286 g/mol. The lowest BCUT2D eigenvalue weighted by atomic mass is 10.2. The van der Waals surface area contributed by atoms with E-state index in [0.717, 1.165) is 4.47 Å². The first-order valence-corrected chi connectivity index (χ1v) is 5.37. The molecule has 84 valence electrons. The maximum Gasteiger partial charge on any atom is 0.277 e. The monoisotopic (exact) mass is 291 g/mol. The van der Waals surface area contributed by atoms with Crippen molar-refractivity contribution < 1.29 is 4.79 Å². The van der Waals surface area contributed by atoms with Crippen LogP contribution in [-0.4, -0.2) is 21.3 Å². The van der Waals surface area contributed by atoms with E-state index in [1.807, 2.05) is 6.07 Å². The number of carbonyl (C=O) groups excluding carboxylic acids is 1. The van der Waals surface area contributed by atoms with Gasteiger partial charge in [0.15, 0.2) is 5.69 Å². The molecule has 17 heavy (non-hydrogen) atoms. The fourth-order valence-electron chi connectivity index (χ4n) is 1.22. The minimum absolute atomic E-state index is 0.164. The summed E-state index contributed by atoms with van der Waals surface area (Å²) in [6.45, 7) is 0. The van der Waals surface area contributed by atoms with Gasteiger partial charge in [0.05, 0.1) is 17.4 Å². The number of benzene rings is 1. The molecule has 0 aliphatic carbocycles. The van der Waals surface area contributed by atoms with Crippen molar-refractivity contribution in [3.8, 4) is 6.07 Å². The Morgan fingerprint density at radius 2 is 2.35 bits per heavy atom. The number of nitrogens with zero attached hydrogens (tertiary/aromatic N) is 3. The molecule has 0 aliphatic heterocycles. The Hall–Kier alpha value is -2.20. The molecule has 0 saturated carbocycles. The standard InChI is InChI=1S/C10H6BrN5O/c11-7-1-2-8(6(3-7)4-12)14-10(17)9-5-13-16-15-9/h1-3,5H,(H,14,17)(H,13,15,16). The second-order valence-electron chi connectivity index (χ2n) is 3.11. The van der Waals surface area contributed by atoms with E-state index in [4.69, 9.17) is 5.26 Å². The number of amides is 1. The summed E-state index contributed by atoms with van der Waals surface area (Å²) in [5, 5.41) is 21.0. The van der Waals surface area contributed by atoms with Crippen LogP contribution in [0.3, 0.4) is 0 Å². The Morgan fingerprint density at radius 3 is 3.00 bits per heavy atom. The predicted octanol–water partition coefficient (Wildman–Crippen LogP) is 1.69. The summed E-state index contributed by atoms with van der Waals surface area (Å²) < 4.78 is 0.772. The van der Waals surface area contributed by atoms with Crippen molar-refractivity contribution in [3.63, 3.8) is 0 Å². The summed E-state index contributed by atoms with van der Waals surface area (Å²) in [5.74, 6) is -0.419. The molecule has 0 spiro atoms. The van der Waals surface area contributed by atoms with Crippen LogP contribution in [-0.2, 0) is 0 Å². The lowest BCUT2D eigenvalue weighted by Crippen LogP contribution is -2.13. The first-order chi connectivity index (χ1) is 8.20. The van der Waals surface area contributed by atoms with Crippen molar-refractivity contribution >= 4 is 27.5 Å². The van der Waals surface area contributed by atoms with Crippen LogP contribution < -0.4 is 5.32 Å². The summed E-state index contributed by atoms with van der Waals surface area (Å²) in [5.41, 5.74) is 0.969. The molecule has 0 aliphatic rings. The normalized spacial score (nSPS) is 9.65. The second-order valence-corrected chi connectivity index (χ2v) is 4.03. The molecule has 1 heterocycles. The van der Waals surface area contributed by atoms with Gasteiger partial charge >= 0.3 is 0 Å². The molecule has 0 saturated heterocycles. The summed E-state index contributed by atoms with van der Waals surface area (Å²) in [6.07, 6.45) is 1.31. The fraction of sp³-hybridized carbons (Fsp3) is 0. The molecule has 2 rings (SSSR count). The zero-order chi connectivity index (χ0) is 12.3. The molecule has 1 aromatic heterocycles. The minimum atomic E-state index is -0.419. The molecule has 1 aromatic carbocycles. The third kappa shape index (κ3) is 2.49. The molecule has 2 aromatic rings. The van der Waals surface area contributed by atoms with E-state index in [1.165, 1.54) is 6.20 Å². The molecule has 1 amide bonds. The van der Waals surface area contributed by atoms with Gasteiger partial charge in [-0.25, -0.2) is 0 Å². The van der Waals surface area contributed by atoms with Gasteiger partial charge in [0, 0.05) is 4.47 Å². The fourth-order valence-corrected chi connectivity index (χ4v) is 1.58. The molecule has 0 radical (unpaired) electrons. The van der Waals surface area contributed by atoms with Crippen molar-refractivity contribution in [3.05, 3.63) is 40.1 Å². The Labute approximate surface area is 105 Å². The number of hydrogen-bond donors (Lipinski definition) is 2. The van der Waals surface area contributed by atoms with E-state index in [2.05, 4.69) is 36.7 Å². The summed E-state index contributed by atoms with van der Waals surface area (Å²) >= 11 is 3.25. The van der Waals surface area contributed by atoms with Gasteiger partial charge in [0.25, 0.3) is 5.91 Å². The van der Waals surface area contributed by atoms with Crippen LogP contribution in [0.5, 0.6) is 0 Å². The van der Waals surface area contributed by atoms with E-state index in [-0.39, 0.29) is 5.69 Å². The minimum Gasteiger partial charge on any atom is -0.319 e. The van der Waals surface area contributed by atoms with E-state index >= 15 is 0 Å². The molecular formula is C10H6BrN5O. The SMILES string of the molecule is N#Cc1cc(Br)ccc1NC(=O)c1cn[nH]n1. The van der Waals surface area contributed by atoms with Gasteiger partial charge in [-0.15, -0.1) is 0 Å². The van der Waals surface area contributed by atoms with Gasteiger partial charge < -0.3 is 5.32 Å². The third-order valence-electron chi connectivity index (χ3n) is 2.00. The second kappa shape index (κ2) is 4.76. The topological polar surface area (TPSA) is 94.5 Å². The Balaban J connectivity index is 2.25. The highest BCUT2D eigenvalue weighted by molar-refractivity contribution is 9.10. The van der Waals surface area contributed by atoms with Gasteiger partial charge in [-0.1, -0.05) is 15.9 Å². The van der Waals surface area contributed by atoms with Gasteiger partial charge in [0.2, 0.25) is 0 Å². The number of carbonyl (C=O) groups is 1. The van der Waals surface area contributed by atoms with E-state index < -0.39 is 5.91 Å². The van der Waals surface area contributed by atoms with Crippen molar-refractivity contribution in [2.45, 2.75) is 0 Å². The van der Waals surface area contributed by atoms with Crippen LogP contribution in [0.1, 0.15) is 16.1 Å². The zero-order valence-corrected chi connectivity index (χ0v) is 10.0. The van der Waals surface area contributed by atoms with Gasteiger partial charge in [-0.2, -0.15) is 20.7 Å². The van der Waals surface area contributed by atoms with Crippen LogP contribution in [0, 0.1) is 11.3 Å². The largest absolute Gasteiger partial charge is 0.319 e. The Bertz CT molecular complexity index is 587. The summed E-state index contributed by atoms with van der Waals surface area (Å²) in [7, 11) is 0. The highest BCUT2D eigenvalue weighted by Gasteiger charge is 2.11. The van der Waals surface area contributed by atoms with Crippen molar-refractivity contribution in [2.75, 3.05) is 5.32 Å². The summed E-state index contributed by atoms with van der Waals surface area (Å²) in [4.78, 5) is 11.7.